The number of halogens is 1. The Morgan fingerprint density at radius 3 is 2.79 bits per heavy atom. The average molecular weight is 198 g/mol. The Morgan fingerprint density at radius 2 is 2.36 bits per heavy atom. The van der Waals surface area contributed by atoms with Crippen LogP contribution >= 0.6 is 0 Å². The SMILES string of the molecule is Cn1ncc(N)c1C(=O)N1CC(F)C1. The standard InChI is InChI=1S/C8H11FN4O/c1-12-7(6(10)2-11-12)8(14)13-3-5(9)4-13/h2,5H,3-4,10H2,1H3. The zero-order valence-corrected chi connectivity index (χ0v) is 7.77. The highest BCUT2D eigenvalue weighted by molar-refractivity contribution is 5.97. The maximum Gasteiger partial charge on any atom is 0.274 e. The summed E-state index contributed by atoms with van der Waals surface area (Å²) in [5.74, 6) is -0.253. The molecule has 0 saturated carbocycles. The molecular weight excluding hydrogens is 187 g/mol. The molecule has 1 aliphatic heterocycles. The number of aromatic nitrogens is 2. The summed E-state index contributed by atoms with van der Waals surface area (Å²) in [6.07, 6.45) is 0.522. The number of hydrogen-bond acceptors (Lipinski definition) is 3. The first-order valence-electron chi connectivity index (χ1n) is 4.30. The van der Waals surface area contributed by atoms with E-state index >= 15 is 0 Å². The molecule has 1 aliphatic rings. The smallest absolute Gasteiger partial charge is 0.274 e. The molecule has 0 aliphatic carbocycles. The Balaban J connectivity index is 2.19. The van der Waals surface area contributed by atoms with E-state index in [1.165, 1.54) is 15.8 Å². The number of carbonyl (C=O) groups excluding carboxylic acids is 1. The van der Waals surface area contributed by atoms with Crippen molar-refractivity contribution in [1.82, 2.24) is 14.7 Å². The molecular formula is C8H11FN4O. The molecule has 1 amide bonds. The molecule has 2 heterocycles. The van der Waals surface area contributed by atoms with Gasteiger partial charge in [0.25, 0.3) is 5.91 Å². The van der Waals surface area contributed by atoms with Crippen LogP contribution in [0.2, 0.25) is 0 Å². The van der Waals surface area contributed by atoms with Crippen molar-refractivity contribution in [2.45, 2.75) is 6.17 Å². The van der Waals surface area contributed by atoms with Gasteiger partial charge in [-0.3, -0.25) is 9.48 Å². The lowest BCUT2D eigenvalue weighted by molar-refractivity contribution is 0.0391. The van der Waals surface area contributed by atoms with Gasteiger partial charge in [0.15, 0.2) is 0 Å². The van der Waals surface area contributed by atoms with Crippen molar-refractivity contribution in [3.8, 4) is 0 Å². The third kappa shape index (κ3) is 1.23. The number of aryl methyl sites for hydroxylation is 1. The third-order valence-electron chi connectivity index (χ3n) is 2.29. The first kappa shape index (κ1) is 8.98. The number of nitrogens with two attached hydrogens (primary N) is 1. The molecule has 0 unspecified atom stereocenters. The van der Waals surface area contributed by atoms with Crippen LogP contribution in [0.25, 0.3) is 0 Å². The van der Waals surface area contributed by atoms with E-state index in [4.69, 9.17) is 5.73 Å². The van der Waals surface area contributed by atoms with Gasteiger partial charge in [-0.15, -0.1) is 0 Å². The van der Waals surface area contributed by atoms with Crippen LogP contribution in [0.5, 0.6) is 0 Å². The van der Waals surface area contributed by atoms with Gasteiger partial charge in [-0.2, -0.15) is 5.10 Å². The van der Waals surface area contributed by atoms with Crippen molar-refractivity contribution >= 4 is 11.6 Å². The molecule has 0 radical (unpaired) electrons. The fraction of sp³-hybridized carbons (Fsp3) is 0.500. The molecule has 1 aromatic rings. The number of nitrogen functional groups attached to an aromatic ring is 1. The van der Waals surface area contributed by atoms with Gasteiger partial charge in [0, 0.05) is 7.05 Å². The molecule has 2 rings (SSSR count). The highest BCUT2D eigenvalue weighted by atomic mass is 19.1. The van der Waals surface area contributed by atoms with Crippen LogP contribution in [-0.2, 0) is 7.05 Å². The molecule has 0 spiro atoms. The van der Waals surface area contributed by atoms with E-state index < -0.39 is 6.17 Å². The lowest BCUT2D eigenvalue weighted by Gasteiger charge is -2.34. The third-order valence-corrected chi connectivity index (χ3v) is 2.29. The Bertz CT molecular complexity index is 350. The monoisotopic (exact) mass is 198 g/mol. The summed E-state index contributed by atoms with van der Waals surface area (Å²) >= 11 is 0. The topological polar surface area (TPSA) is 64.2 Å². The predicted molar refractivity (Wildman–Crippen MR) is 48.4 cm³/mol. The molecule has 0 aromatic carbocycles. The molecule has 14 heavy (non-hydrogen) atoms. The van der Waals surface area contributed by atoms with Crippen LogP contribution in [0.1, 0.15) is 10.5 Å². The normalized spacial score (nSPS) is 16.9. The number of carbonyl (C=O) groups is 1. The second-order valence-corrected chi connectivity index (χ2v) is 3.38. The highest BCUT2D eigenvalue weighted by Gasteiger charge is 2.33. The zero-order chi connectivity index (χ0) is 10.3. The number of amides is 1. The molecule has 1 saturated heterocycles. The lowest BCUT2D eigenvalue weighted by Crippen LogP contribution is -2.52. The van der Waals surface area contributed by atoms with Gasteiger partial charge in [-0.1, -0.05) is 0 Å². The minimum atomic E-state index is -0.895. The van der Waals surface area contributed by atoms with Crippen molar-refractivity contribution in [3.05, 3.63) is 11.9 Å². The van der Waals surface area contributed by atoms with E-state index in [0.717, 1.165) is 0 Å². The lowest BCUT2D eigenvalue weighted by atomic mass is 10.1. The van der Waals surface area contributed by atoms with Gasteiger partial charge in [-0.05, 0) is 0 Å². The van der Waals surface area contributed by atoms with Crippen molar-refractivity contribution < 1.29 is 9.18 Å². The first-order chi connectivity index (χ1) is 6.59. The molecule has 5 nitrogen and oxygen atoms in total. The molecule has 0 bridgehead atoms. The van der Waals surface area contributed by atoms with Crippen LogP contribution in [0.15, 0.2) is 6.20 Å². The Morgan fingerprint density at radius 1 is 1.71 bits per heavy atom. The van der Waals surface area contributed by atoms with E-state index in [-0.39, 0.29) is 19.0 Å². The largest absolute Gasteiger partial charge is 0.396 e. The van der Waals surface area contributed by atoms with Crippen molar-refractivity contribution in [3.63, 3.8) is 0 Å². The van der Waals surface area contributed by atoms with E-state index in [1.807, 2.05) is 0 Å². The van der Waals surface area contributed by atoms with Gasteiger partial charge in [-0.25, -0.2) is 4.39 Å². The number of hydrogen-bond donors (Lipinski definition) is 1. The van der Waals surface area contributed by atoms with Crippen molar-refractivity contribution in [1.29, 1.82) is 0 Å². The Hall–Kier alpha value is -1.59. The van der Waals surface area contributed by atoms with E-state index in [2.05, 4.69) is 5.10 Å². The molecule has 1 aromatic heterocycles. The van der Waals surface area contributed by atoms with E-state index in [9.17, 15) is 9.18 Å². The zero-order valence-electron chi connectivity index (χ0n) is 7.77. The minimum absolute atomic E-state index is 0.156. The summed E-state index contributed by atoms with van der Waals surface area (Å²) in [5, 5.41) is 3.85. The highest BCUT2D eigenvalue weighted by Crippen LogP contribution is 2.18. The maximum absolute atomic E-state index is 12.5. The second-order valence-electron chi connectivity index (χ2n) is 3.38. The molecule has 1 fully saturated rings. The minimum Gasteiger partial charge on any atom is -0.396 e. The summed E-state index contributed by atoms with van der Waals surface area (Å²) in [4.78, 5) is 13.1. The van der Waals surface area contributed by atoms with Gasteiger partial charge in [0.05, 0.1) is 25.0 Å². The molecule has 2 N–H and O–H groups in total. The summed E-state index contributed by atoms with van der Waals surface area (Å²) in [6, 6.07) is 0. The fourth-order valence-corrected chi connectivity index (χ4v) is 1.46. The predicted octanol–water partition coefficient (Wildman–Crippen LogP) is -0.204. The number of rotatable bonds is 1. The maximum atomic E-state index is 12.5. The van der Waals surface area contributed by atoms with Gasteiger partial charge in [0.1, 0.15) is 11.9 Å². The quantitative estimate of drug-likeness (QED) is 0.679. The average Bonchev–Trinajstić information content (AvgIpc) is 2.40. The Labute approximate surface area is 80.3 Å². The van der Waals surface area contributed by atoms with E-state index in [0.29, 0.717) is 11.4 Å². The second kappa shape index (κ2) is 2.97. The summed E-state index contributed by atoms with van der Waals surface area (Å²) in [5.41, 5.74) is 6.23. The fourth-order valence-electron chi connectivity index (χ4n) is 1.46. The van der Waals surface area contributed by atoms with Gasteiger partial charge in [0.2, 0.25) is 0 Å². The number of nitrogens with zero attached hydrogens (tertiary/aromatic N) is 3. The van der Waals surface area contributed by atoms with E-state index in [1.54, 1.807) is 7.05 Å². The van der Waals surface area contributed by atoms with Crippen LogP contribution in [-0.4, -0.2) is 39.8 Å². The molecule has 6 heteroatoms. The summed E-state index contributed by atoms with van der Waals surface area (Å²) < 4.78 is 13.9. The van der Waals surface area contributed by atoms with Crippen LogP contribution in [0.4, 0.5) is 10.1 Å². The number of likely N-dealkylation sites (tertiary alicyclic amines) is 1. The number of anilines is 1. The first-order valence-corrected chi connectivity index (χ1v) is 4.30. The van der Waals surface area contributed by atoms with Crippen LogP contribution in [0, 0.1) is 0 Å². The summed E-state index contributed by atoms with van der Waals surface area (Å²) in [7, 11) is 1.64. The number of alkyl halides is 1. The van der Waals surface area contributed by atoms with Gasteiger partial charge >= 0.3 is 0 Å². The van der Waals surface area contributed by atoms with Crippen LogP contribution in [0.3, 0.4) is 0 Å². The van der Waals surface area contributed by atoms with Crippen LogP contribution < -0.4 is 5.73 Å². The van der Waals surface area contributed by atoms with Crippen molar-refractivity contribution in [2.24, 2.45) is 7.05 Å². The molecule has 0 atom stereocenters. The molecule has 76 valence electrons. The summed E-state index contributed by atoms with van der Waals surface area (Å²) in [6.45, 7) is 0.312. The van der Waals surface area contributed by atoms with Crippen molar-refractivity contribution in [2.75, 3.05) is 18.8 Å². The van der Waals surface area contributed by atoms with Gasteiger partial charge < -0.3 is 10.6 Å². The Kier molecular flexibility index (Phi) is 1.90.